The summed E-state index contributed by atoms with van der Waals surface area (Å²) >= 11 is 0. The van der Waals surface area contributed by atoms with Gasteiger partial charge in [-0.05, 0) is 32.9 Å². The molecule has 2 amide bonds. The molecule has 0 aromatic heterocycles. The molecular formula is C15H31N3O2. The van der Waals surface area contributed by atoms with Gasteiger partial charge in [-0.2, -0.15) is 0 Å². The Labute approximate surface area is 123 Å². The number of hydrogen-bond donors (Lipinski definition) is 3. The lowest BCUT2D eigenvalue weighted by atomic mass is 9.86. The zero-order chi connectivity index (χ0) is 15.0. The van der Waals surface area contributed by atoms with Gasteiger partial charge in [-0.1, -0.05) is 26.7 Å². The van der Waals surface area contributed by atoms with E-state index in [1.165, 1.54) is 12.8 Å². The molecule has 1 aliphatic rings. The van der Waals surface area contributed by atoms with E-state index in [-0.39, 0.29) is 24.1 Å². The standard InChI is InChI=1S/C15H31N3O2/c1-4-5-10-18(3)11-9-16-14(20)17-13-7-6-8-15(13,2)12-19/h13,19H,4-12H2,1-3H3,(H2,16,17,20). The summed E-state index contributed by atoms with van der Waals surface area (Å²) in [6, 6.07) is -0.0224. The highest BCUT2D eigenvalue weighted by Gasteiger charge is 2.38. The molecule has 1 saturated carbocycles. The van der Waals surface area contributed by atoms with Crippen molar-refractivity contribution in [2.24, 2.45) is 5.41 Å². The lowest BCUT2D eigenvalue weighted by Crippen LogP contribution is -2.49. The summed E-state index contributed by atoms with van der Waals surface area (Å²) in [4.78, 5) is 14.1. The average molecular weight is 285 g/mol. The second-order valence-corrected chi connectivity index (χ2v) is 6.31. The fourth-order valence-electron chi connectivity index (χ4n) is 2.78. The summed E-state index contributed by atoms with van der Waals surface area (Å²) in [6.45, 7) is 6.97. The first kappa shape index (κ1) is 17.2. The van der Waals surface area contributed by atoms with Crippen LogP contribution in [0.2, 0.25) is 0 Å². The second-order valence-electron chi connectivity index (χ2n) is 6.31. The number of carbonyl (C=O) groups is 1. The maximum absolute atomic E-state index is 11.9. The molecule has 3 N–H and O–H groups in total. The van der Waals surface area contributed by atoms with Gasteiger partial charge in [0.15, 0.2) is 0 Å². The summed E-state index contributed by atoms with van der Waals surface area (Å²) in [7, 11) is 2.08. The Bertz CT molecular complexity index is 299. The lowest BCUT2D eigenvalue weighted by Gasteiger charge is -2.30. The number of nitrogens with zero attached hydrogens (tertiary/aromatic N) is 1. The molecule has 5 heteroatoms. The maximum Gasteiger partial charge on any atom is 0.315 e. The predicted octanol–water partition coefficient (Wildman–Crippen LogP) is 1.57. The van der Waals surface area contributed by atoms with Crippen LogP contribution < -0.4 is 10.6 Å². The van der Waals surface area contributed by atoms with Crippen LogP contribution in [0.15, 0.2) is 0 Å². The Kier molecular flexibility index (Phi) is 7.30. The molecule has 2 unspecified atom stereocenters. The van der Waals surface area contributed by atoms with Crippen LogP contribution in [-0.4, -0.2) is 55.4 Å². The molecular weight excluding hydrogens is 254 g/mol. The molecule has 1 fully saturated rings. The molecule has 0 radical (unpaired) electrons. The zero-order valence-corrected chi connectivity index (χ0v) is 13.2. The third-order valence-corrected chi connectivity index (χ3v) is 4.42. The first-order valence-corrected chi connectivity index (χ1v) is 7.85. The van der Waals surface area contributed by atoms with Crippen LogP contribution in [0.25, 0.3) is 0 Å². The summed E-state index contributed by atoms with van der Waals surface area (Å²) < 4.78 is 0. The van der Waals surface area contributed by atoms with E-state index in [4.69, 9.17) is 0 Å². The van der Waals surface area contributed by atoms with Gasteiger partial charge in [0.25, 0.3) is 0 Å². The van der Waals surface area contributed by atoms with Gasteiger partial charge in [0.2, 0.25) is 0 Å². The minimum Gasteiger partial charge on any atom is -0.396 e. The first-order valence-electron chi connectivity index (χ1n) is 7.85. The highest BCUT2D eigenvalue weighted by Crippen LogP contribution is 2.37. The van der Waals surface area contributed by atoms with Gasteiger partial charge in [0.05, 0.1) is 6.61 Å². The first-order chi connectivity index (χ1) is 9.51. The fourth-order valence-corrected chi connectivity index (χ4v) is 2.78. The molecule has 20 heavy (non-hydrogen) atoms. The van der Waals surface area contributed by atoms with Crippen molar-refractivity contribution < 1.29 is 9.90 Å². The summed E-state index contributed by atoms with van der Waals surface area (Å²) in [5.74, 6) is 0. The molecule has 2 atom stereocenters. The lowest BCUT2D eigenvalue weighted by molar-refractivity contribution is 0.121. The number of unbranched alkanes of at least 4 members (excludes halogenated alkanes) is 1. The molecule has 5 nitrogen and oxygen atoms in total. The van der Waals surface area contributed by atoms with Crippen LogP contribution in [0.5, 0.6) is 0 Å². The second kappa shape index (κ2) is 8.47. The van der Waals surface area contributed by atoms with E-state index in [0.29, 0.717) is 6.54 Å². The number of aliphatic hydroxyl groups is 1. The van der Waals surface area contributed by atoms with E-state index in [9.17, 15) is 9.90 Å². The van der Waals surface area contributed by atoms with Crippen molar-refractivity contribution in [3.8, 4) is 0 Å². The molecule has 0 bridgehead atoms. The Hall–Kier alpha value is -0.810. The van der Waals surface area contributed by atoms with Crippen LogP contribution >= 0.6 is 0 Å². The number of amides is 2. The summed E-state index contributed by atoms with van der Waals surface area (Å²) in [5, 5.41) is 15.4. The number of carbonyl (C=O) groups excluding carboxylic acids is 1. The number of rotatable bonds is 8. The van der Waals surface area contributed by atoms with Crippen molar-refractivity contribution in [1.29, 1.82) is 0 Å². The fraction of sp³-hybridized carbons (Fsp3) is 0.933. The third-order valence-electron chi connectivity index (χ3n) is 4.42. The van der Waals surface area contributed by atoms with Crippen LogP contribution in [0.4, 0.5) is 4.79 Å². The number of urea groups is 1. The van der Waals surface area contributed by atoms with Crippen molar-refractivity contribution >= 4 is 6.03 Å². The number of nitrogens with one attached hydrogen (secondary N) is 2. The van der Waals surface area contributed by atoms with Crippen LogP contribution in [0.1, 0.15) is 46.0 Å². The van der Waals surface area contributed by atoms with Crippen molar-refractivity contribution in [1.82, 2.24) is 15.5 Å². The van der Waals surface area contributed by atoms with Gasteiger partial charge in [0, 0.05) is 24.5 Å². The molecule has 1 aliphatic carbocycles. The number of hydrogen-bond acceptors (Lipinski definition) is 3. The van der Waals surface area contributed by atoms with Crippen molar-refractivity contribution in [2.45, 2.75) is 52.0 Å². The van der Waals surface area contributed by atoms with Gasteiger partial charge in [-0.25, -0.2) is 4.79 Å². The van der Waals surface area contributed by atoms with E-state index in [2.05, 4.69) is 29.5 Å². The van der Waals surface area contributed by atoms with Crippen LogP contribution in [0.3, 0.4) is 0 Å². The Morgan fingerprint density at radius 1 is 1.45 bits per heavy atom. The van der Waals surface area contributed by atoms with E-state index in [1.807, 2.05) is 6.92 Å². The van der Waals surface area contributed by atoms with E-state index < -0.39 is 0 Å². The molecule has 0 aromatic rings. The highest BCUT2D eigenvalue weighted by atomic mass is 16.3. The quantitative estimate of drug-likeness (QED) is 0.634. The Morgan fingerprint density at radius 2 is 2.20 bits per heavy atom. The smallest absolute Gasteiger partial charge is 0.315 e. The van der Waals surface area contributed by atoms with Gasteiger partial charge in [-0.15, -0.1) is 0 Å². The van der Waals surface area contributed by atoms with E-state index >= 15 is 0 Å². The zero-order valence-electron chi connectivity index (χ0n) is 13.2. The van der Waals surface area contributed by atoms with Gasteiger partial charge in [0.1, 0.15) is 0 Å². The molecule has 118 valence electrons. The summed E-state index contributed by atoms with van der Waals surface area (Å²) in [6.07, 6.45) is 5.40. The van der Waals surface area contributed by atoms with Crippen molar-refractivity contribution in [2.75, 3.05) is 33.3 Å². The minimum atomic E-state index is -0.157. The molecule has 0 spiro atoms. The molecule has 0 aromatic carbocycles. The Balaban J connectivity index is 2.20. The highest BCUT2D eigenvalue weighted by molar-refractivity contribution is 5.74. The topological polar surface area (TPSA) is 64.6 Å². The molecule has 1 rings (SSSR count). The number of likely N-dealkylation sites (N-methyl/N-ethyl adjacent to an activating group) is 1. The van der Waals surface area contributed by atoms with E-state index in [1.54, 1.807) is 0 Å². The largest absolute Gasteiger partial charge is 0.396 e. The van der Waals surface area contributed by atoms with Crippen LogP contribution in [-0.2, 0) is 0 Å². The normalized spacial score (nSPS) is 25.9. The summed E-state index contributed by atoms with van der Waals surface area (Å²) in [5.41, 5.74) is -0.157. The van der Waals surface area contributed by atoms with Gasteiger partial charge < -0.3 is 20.6 Å². The monoisotopic (exact) mass is 285 g/mol. The third kappa shape index (κ3) is 5.29. The molecule has 0 saturated heterocycles. The number of aliphatic hydroxyl groups excluding tert-OH is 1. The predicted molar refractivity (Wildman–Crippen MR) is 81.8 cm³/mol. The Morgan fingerprint density at radius 3 is 2.85 bits per heavy atom. The maximum atomic E-state index is 11.9. The van der Waals surface area contributed by atoms with Crippen molar-refractivity contribution in [3.63, 3.8) is 0 Å². The average Bonchev–Trinajstić information content (AvgIpc) is 2.78. The van der Waals surface area contributed by atoms with Gasteiger partial charge >= 0.3 is 6.03 Å². The SMILES string of the molecule is CCCCN(C)CCNC(=O)NC1CCCC1(C)CO. The van der Waals surface area contributed by atoms with Crippen molar-refractivity contribution in [3.05, 3.63) is 0 Å². The van der Waals surface area contributed by atoms with Gasteiger partial charge in [-0.3, -0.25) is 0 Å². The molecule has 0 heterocycles. The minimum absolute atomic E-state index is 0.0883. The molecule has 0 aliphatic heterocycles. The van der Waals surface area contributed by atoms with Crippen LogP contribution in [0, 0.1) is 5.41 Å². The van der Waals surface area contributed by atoms with E-state index in [0.717, 1.165) is 32.4 Å².